The molecule has 0 aromatic carbocycles. The maximum atomic E-state index is 13.5. The molecule has 6 heterocycles. The Bertz CT molecular complexity index is 1270. The largest absolute Gasteiger partial charge is 0.377 e. The minimum absolute atomic E-state index is 0.00720. The van der Waals surface area contributed by atoms with Gasteiger partial charge in [0.2, 0.25) is 5.91 Å². The molecule has 6 aliphatic rings. The highest BCUT2D eigenvalue weighted by molar-refractivity contribution is 5.85. The molecule has 9 nitrogen and oxygen atoms in total. The van der Waals surface area contributed by atoms with Gasteiger partial charge in [-0.05, 0) is 51.7 Å². The molecule has 5 fully saturated rings. The molecule has 0 unspecified atom stereocenters. The van der Waals surface area contributed by atoms with Crippen LogP contribution < -0.4 is 9.80 Å². The molecule has 8 rings (SSSR count). The lowest BCUT2D eigenvalue weighted by Gasteiger charge is -2.49. The van der Waals surface area contributed by atoms with Crippen LogP contribution >= 0.6 is 0 Å². The highest BCUT2D eigenvalue weighted by Gasteiger charge is 2.59. The lowest BCUT2D eigenvalue weighted by molar-refractivity contribution is -0.147. The minimum atomic E-state index is -0.279. The molecule has 1 amide bonds. The Morgan fingerprint density at radius 1 is 1.14 bits per heavy atom. The predicted molar refractivity (Wildman–Crippen MR) is 133 cm³/mol. The molecule has 2 saturated carbocycles. The number of rotatable bonds is 3. The number of piperazine rings is 1. The van der Waals surface area contributed by atoms with Crippen molar-refractivity contribution in [2.75, 3.05) is 36.0 Å². The summed E-state index contributed by atoms with van der Waals surface area (Å²) in [5.41, 5.74) is 1.54. The third kappa shape index (κ3) is 2.97. The first-order valence-corrected chi connectivity index (χ1v) is 13.1. The average molecular weight is 486 g/mol. The van der Waals surface area contributed by atoms with E-state index in [4.69, 9.17) is 14.7 Å². The molecule has 2 bridgehead atoms. The van der Waals surface area contributed by atoms with Crippen LogP contribution in [-0.2, 0) is 14.9 Å². The summed E-state index contributed by atoms with van der Waals surface area (Å²) in [5, 5.41) is 9.41. The smallest absolute Gasteiger partial charge is 0.231 e. The van der Waals surface area contributed by atoms with E-state index >= 15 is 0 Å². The maximum absolute atomic E-state index is 13.5. The normalized spacial score (nSPS) is 31.6. The number of hydrogen-bond acceptors (Lipinski definition) is 8. The van der Waals surface area contributed by atoms with Crippen LogP contribution in [0.3, 0.4) is 0 Å². The Labute approximate surface area is 211 Å². The van der Waals surface area contributed by atoms with Crippen LogP contribution in [0.1, 0.15) is 57.1 Å². The van der Waals surface area contributed by atoms with Gasteiger partial charge in [-0.15, -0.1) is 0 Å². The van der Waals surface area contributed by atoms with E-state index in [1.807, 2.05) is 6.07 Å². The summed E-state index contributed by atoms with van der Waals surface area (Å²) in [5.74, 6) is 2.94. The van der Waals surface area contributed by atoms with Crippen LogP contribution in [0.15, 0.2) is 24.7 Å². The van der Waals surface area contributed by atoms with Crippen molar-refractivity contribution in [2.45, 2.75) is 69.6 Å². The van der Waals surface area contributed by atoms with Gasteiger partial charge in [-0.1, -0.05) is 6.42 Å². The van der Waals surface area contributed by atoms with E-state index in [1.54, 1.807) is 18.6 Å². The van der Waals surface area contributed by atoms with E-state index in [2.05, 4.69) is 39.6 Å². The van der Waals surface area contributed by atoms with Gasteiger partial charge < -0.3 is 19.4 Å². The van der Waals surface area contributed by atoms with Crippen LogP contribution in [0.5, 0.6) is 0 Å². The molecule has 2 aliphatic carbocycles. The van der Waals surface area contributed by atoms with Gasteiger partial charge in [0.05, 0.1) is 29.8 Å². The zero-order chi connectivity index (χ0) is 24.7. The summed E-state index contributed by atoms with van der Waals surface area (Å²) in [6, 6.07) is 6.04. The Hall–Kier alpha value is -3.25. The monoisotopic (exact) mass is 485 g/mol. The second kappa shape index (κ2) is 7.62. The summed E-state index contributed by atoms with van der Waals surface area (Å²) in [6.45, 7) is 7.18. The van der Waals surface area contributed by atoms with E-state index < -0.39 is 0 Å². The van der Waals surface area contributed by atoms with Gasteiger partial charge >= 0.3 is 0 Å². The second-order valence-corrected chi connectivity index (χ2v) is 11.6. The van der Waals surface area contributed by atoms with Crippen molar-refractivity contribution in [2.24, 2.45) is 5.41 Å². The van der Waals surface area contributed by atoms with Crippen molar-refractivity contribution in [1.82, 2.24) is 19.9 Å². The van der Waals surface area contributed by atoms with Gasteiger partial charge in [0, 0.05) is 48.9 Å². The molecule has 4 aliphatic heterocycles. The van der Waals surface area contributed by atoms with Crippen molar-refractivity contribution < 1.29 is 9.53 Å². The van der Waals surface area contributed by atoms with Gasteiger partial charge in [-0.2, -0.15) is 5.26 Å². The van der Waals surface area contributed by atoms with Gasteiger partial charge in [-0.25, -0.2) is 15.0 Å². The third-order valence-corrected chi connectivity index (χ3v) is 9.32. The summed E-state index contributed by atoms with van der Waals surface area (Å²) in [7, 11) is 0. The second-order valence-electron chi connectivity index (χ2n) is 11.6. The van der Waals surface area contributed by atoms with Crippen LogP contribution in [-0.4, -0.2) is 70.2 Å². The highest BCUT2D eigenvalue weighted by Crippen LogP contribution is 2.56. The van der Waals surface area contributed by atoms with Crippen molar-refractivity contribution >= 4 is 23.4 Å². The molecule has 0 N–H and O–H groups in total. The predicted octanol–water partition coefficient (Wildman–Crippen LogP) is 2.92. The zero-order valence-electron chi connectivity index (χ0n) is 20.9. The molecule has 2 aromatic heterocycles. The fourth-order valence-corrected chi connectivity index (χ4v) is 7.13. The topological polar surface area (TPSA) is 98.5 Å². The highest BCUT2D eigenvalue weighted by atomic mass is 16.5. The lowest BCUT2D eigenvalue weighted by atomic mass is 9.66. The van der Waals surface area contributed by atoms with Crippen molar-refractivity contribution in [3.63, 3.8) is 0 Å². The maximum Gasteiger partial charge on any atom is 0.231 e. The van der Waals surface area contributed by atoms with Crippen LogP contribution in [0, 0.1) is 16.7 Å². The average Bonchev–Trinajstić information content (AvgIpc) is 3.56. The lowest BCUT2D eigenvalue weighted by Crippen LogP contribution is -2.62. The fourth-order valence-electron chi connectivity index (χ4n) is 7.13. The number of aromatic nitrogens is 3. The van der Waals surface area contributed by atoms with Crippen LogP contribution in [0.4, 0.5) is 17.5 Å². The number of carbonyl (C=O) groups is 1. The Kier molecular flexibility index (Phi) is 4.66. The molecule has 2 atom stereocenters. The molecule has 2 aromatic rings. The molecule has 36 heavy (non-hydrogen) atoms. The summed E-state index contributed by atoms with van der Waals surface area (Å²) in [4.78, 5) is 34.4. The number of hydrogen-bond donors (Lipinski definition) is 0. The molecule has 3 saturated heterocycles. The quantitative estimate of drug-likeness (QED) is 0.655. The first-order chi connectivity index (χ1) is 17.4. The summed E-state index contributed by atoms with van der Waals surface area (Å²) >= 11 is 0. The zero-order valence-corrected chi connectivity index (χ0v) is 20.9. The Morgan fingerprint density at radius 3 is 2.64 bits per heavy atom. The van der Waals surface area contributed by atoms with Gasteiger partial charge in [-0.3, -0.25) is 4.79 Å². The number of nitriles is 1. The van der Waals surface area contributed by atoms with Gasteiger partial charge in [0.15, 0.2) is 0 Å². The number of anilines is 3. The number of carbonyl (C=O) groups excluding carboxylic acids is 1. The fraction of sp³-hybridized carbons (Fsp3) is 0.593. The molecule has 1 spiro atoms. The van der Waals surface area contributed by atoms with Crippen molar-refractivity contribution in [3.8, 4) is 6.07 Å². The minimum Gasteiger partial charge on any atom is -0.377 e. The third-order valence-electron chi connectivity index (χ3n) is 9.32. The first-order valence-electron chi connectivity index (χ1n) is 13.1. The SMILES string of the molecule is C[C@@H]1CN(c2ncnc3c2C2(CCC2)CN3c2cc(C#N)ccn2)[C@@H](C)CN1C(=O)C12COC(C1)C2. The van der Waals surface area contributed by atoms with E-state index in [-0.39, 0.29) is 34.9 Å². The van der Waals surface area contributed by atoms with Crippen LogP contribution in [0.2, 0.25) is 0 Å². The van der Waals surface area contributed by atoms with Crippen molar-refractivity contribution in [3.05, 3.63) is 35.8 Å². The molecule has 186 valence electrons. The first kappa shape index (κ1) is 22.0. The molecular weight excluding hydrogens is 454 g/mol. The molecule has 9 heteroatoms. The molecule has 0 radical (unpaired) electrons. The number of ether oxygens (including phenoxy) is 1. The van der Waals surface area contributed by atoms with E-state index in [0.29, 0.717) is 18.7 Å². The van der Waals surface area contributed by atoms with Crippen molar-refractivity contribution in [1.29, 1.82) is 5.26 Å². The standard InChI is InChI=1S/C27H31N7O2/c1-17-13-33(25(35)27-9-20(10-27)36-15-27)18(2)12-32(17)23-22-24(31-16-30-23)34(14-26(22)5-3-6-26)21-8-19(11-28)4-7-29-21/h4,7-8,16-18,20H,3,5-6,9-10,12-15H2,1-2H3/t17-,18+,20?,27?/m0/s1. The van der Waals surface area contributed by atoms with Crippen LogP contribution in [0.25, 0.3) is 0 Å². The van der Waals surface area contributed by atoms with Gasteiger partial charge in [0.25, 0.3) is 0 Å². The van der Waals surface area contributed by atoms with E-state index in [0.717, 1.165) is 56.2 Å². The molecular formula is C27H31N7O2. The summed E-state index contributed by atoms with van der Waals surface area (Å²) in [6.07, 6.45) is 8.79. The van der Waals surface area contributed by atoms with E-state index in [1.165, 1.54) is 12.0 Å². The Balaban J connectivity index is 1.22. The van der Waals surface area contributed by atoms with E-state index in [9.17, 15) is 10.1 Å². The number of fused-ring (bicyclic) bond motifs is 3. The van der Waals surface area contributed by atoms with Gasteiger partial charge in [0.1, 0.15) is 23.8 Å². The Morgan fingerprint density at radius 2 is 1.94 bits per heavy atom. The number of amides is 1. The summed E-state index contributed by atoms with van der Waals surface area (Å²) < 4.78 is 5.75. The number of pyridine rings is 1. The number of nitrogens with zero attached hydrogens (tertiary/aromatic N) is 7.